The van der Waals surface area contributed by atoms with Crippen molar-refractivity contribution < 1.29 is 25.2 Å². The summed E-state index contributed by atoms with van der Waals surface area (Å²) in [7, 11) is 0. The first kappa shape index (κ1) is 20.6. The van der Waals surface area contributed by atoms with Crippen molar-refractivity contribution in [1.82, 2.24) is 0 Å². The summed E-state index contributed by atoms with van der Waals surface area (Å²) in [4.78, 5) is 21.1. The molecule has 30 heavy (non-hydrogen) atoms. The Morgan fingerprint density at radius 2 is 0.833 bits per heavy atom. The molecule has 0 radical (unpaired) electrons. The van der Waals surface area contributed by atoms with Crippen molar-refractivity contribution in [3.8, 4) is 39.5 Å². The normalized spacial score (nSPS) is 10.8. The van der Waals surface area contributed by atoms with Gasteiger partial charge in [0.1, 0.15) is 5.75 Å². The Morgan fingerprint density at radius 1 is 0.567 bits per heavy atom. The number of aryl methyl sites for hydroxylation is 3. The average Bonchev–Trinajstić information content (AvgIpc) is 2.66. The summed E-state index contributed by atoms with van der Waals surface area (Å²) in [6.07, 6.45) is 0. The van der Waals surface area contributed by atoms with Crippen molar-refractivity contribution in [3.05, 3.63) is 73.3 Å². The molecule has 0 bridgehead atoms. The largest absolute Gasteiger partial charge is 0.507 e. The van der Waals surface area contributed by atoms with Gasteiger partial charge in [-0.1, -0.05) is 0 Å². The number of rotatable bonds is 4. The number of benzene rings is 3. The minimum absolute atomic E-state index is 0.0331. The molecule has 0 heterocycles. The molecule has 0 unspecified atom stereocenters. The Balaban J connectivity index is 2.36. The van der Waals surface area contributed by atoms with E-state index in [0.717, 1.165) is 0 Å². The first-order chi connectivity index (χ1) is 14.0. The van der Waals surface area contributed by atoms with E-state index in [1.807, 2.05) is 0 Å². The lowest BCUT2D eigenvalue weighted by molar-refractivity contribution is -0.386. The highest BCUT2D eigenvalue weighted by Crippen LogP contribution is 2.48. The smallest absolute Gasteiger partial charge is 0.311 e. The minimum Gasteiger partial charge on any atom is -0.507 e. The molecule has 3 rings (SSSR count). The molecule has 0 aliphatic rings. The topological polar surface area (TPSA) is 147 Å². The Hall–Kier alpha value is -4.14. The van der Waals surface area contributed by atoms with Gasteiger partial charge in [-0.05, 0) is 61.7 Å². The zero-order valence-electron chi connectivity index (χ0n) is 16.3. The van der Waals surface area contributed by atoms with Gasteiger partial charge in [-0.3, -0.25) is 20.2 Å². The van der Waals surface area contributed by atoms with Crippen LogP contribution in [0.15, 0.2) is 36.4 Å². The van der Waals surface area contributed by atoms with Crippen LogP contribution < -0.4 is 0 Å². The summed E-state index contributed by atoms with van der Waals surface area (Å²) < 4.78 is 0. The minimum atomic E-state index is -0.727. The molecule has 3 aromatic rings. The van der Waals surface area contributed by atoms with Crippen LogP contribution in [-0.4, -0.2) is 25.2 Å². The maximum atomic E-state index is 11.3. The van der Waals surface area contributed by atoms with E-state index in [-0.39, 0.29) is 28.0 Å². The van der Waals surface area contributed by atoms with Crippen LogP contribution in [-0.2, 0) is 0 Å². The number of hydrogen-bond donors (Lipinski definition) is 3. The Kier molecular flexibility index (Phi) is 5.05. The van der Waals surface area contributed by atoms with Crippen molar-refractivity contribution in [2.75, 3.05) is 0 Å². The molecule has 9 heteroatoms. The molecule has 0 saturated carbocycles. The Bertz CT molecular complexity index is 1130. The highest BCUT2D eigenvalue weighted by atomic mass is 16.6. The van der Waals surface area contributed by atoms with Gasteiger partial charge in [0.25, 0.3) is 0 Å². The molecule has 0 atom stereocenters. The number of phenolic OH excluding ortho intramolecular Hbond substituents is 3. The second-order valence-electron chi connectivity index (χ2n) is 7.08. The fraction of sp³-hybridized carbons (Fsp3) is 0.143. The van der Waals surface area contributed by atoms with Crippen LogP contribution in [0.3, 0.4) is 0 Å². The van der Waals surface area contributed by atoms with Crippen molar-refractivity contribution in [3.63, 3.8) is 0 Å². The predicted octanol–water partition coefficient (Wildman–Crippen LogP) is 4.88. The number of nitro benzene ring substituents is 2. The van der Waals surface area contributed by atoms with E-state index in [1.165, 1.54) is 36.4 Å². The number of nitrogens with zero attached hydrogens (tertiary/aromatic N) is 2. The van der Waals surface area contributed by atoms with Gasteiger partial charge >= 0.3 is 11.4 Å². The average molecular weight is 410 g/mol. The molecular weight excluding hydrogens is 392 g/mol. The molecule has 0 aromatic heterocycles. The van der Waals surface area contributed by atoms with E-state index in [4.69, 9.17) is 0 Å². The fourth-order valence-corrected chi connectivity index (χ4v) is 3.40. The lowest BCUT2D eigenvalue weighted by Gasteiger charge is -2.15. The molecule has 0 spiro atoms. The Morgan fingerprint density at radius 3 is 1.13 bits per heavy atom. The summed E-state index contributed by atoms with van der Waals surface area (Å²) in [5.41, 5.74) is 0.817. The zero-order chi connectivity index (χ0) is 22.3. The summed E-state index contributed by atoms with van der Waals surface area (Å²) >= 11 is 0. The standard InChI is InChI=1S/C21H18N2O7/c1-10-4-13(15-6-11(2)8-17(20(15)25)22(27)28)19(24)14(5-10)16-7-12(3)9-18(21(16)26)23(29)30/h4-9,24-26H,1-3H3. The number of hydrogen-bond acceptors (Lipinski definition) is 7. The SMILES string of the molecule is Cc1cc(-c2cc(C)cc([N+](=O)[O-])c2O)c(O)c(-c2cc(C)cc([N+](=O)[O-])c2O)c1. The molecular formula is C21H18N2O7. The van der Waals surface area contributed by atoms with Gasteiger partial charge in [-0.15, -0.1) is 0 Å². The van der Waals surface area contributed by atoms with Crippen molar-refractivity contribution in [1.29, 1.82) is 0 Å². The van der Waals surface area contributed by atoms with E-state index < -0.39 is 32.7 Å². The van der Waals surface area contributed by atoms with E-state index in [0.29, 0.717) is 16.7 Å². The summed E-state index contributed by atoms with van der Waals surface area (Å²) in [5, 5.41) is 54.4. The third-order valence-electron chi connectivity index (χ3n) is 4.70. The first-order valence-corrected chi connectivity index (χ1v) is 8.81. The fourth-order valence-electron chi connectivity index (χ4n) is 3.40. The van der Waals surface area contributed by atoms with E-state index in [2.05, 4.69) is 0 Å². The molecule has 0 saturated heterocycles. The second-order valence-corrected chi connectivity index (χ2v) is 7.08. The lowest BCUT2D eigenvalue weighted by atomic mass is 9.92. The van der Waals surface area contributed by atoms with E-state index in [1.54, 1.807) is 20.8 Å². The number of aromatic hydroxyl groups is 3. The van der Waals surface area contributed by atoms with Crippen LogP contribution in [0, 0.1) is 41.0 Å². The second kappa shape index (κ2) is 7.36. The van der Waals surface area contributed by atoms with E-state index in [9.17, 15) is 35.5 Å². The monoisotopic (exact) mass is 410 g/mol. The van der Waals surface area contributed by atoms with Gasteiger partial charge in [-0.25, -0.2) is 0 Å². The molecule has 0 aliphatic heterocycles. The summed E-state index contributed by atoms with van der Waals surface area (Å²) in [5.74, 6) is -1.61. The molecule has 0 fully saturated rings. The van der Waals surface area contributed by atoms with Crippen LogP contribution in [0.5, 0.6) is 17.2 Å². The third-order valence-corrected chi connectivity index (χ3v) is 4.70. The summed E-state index contributed by atoms with van der Waals surface area (Å²) in [6.45, 7) is 4.91. The Labute approximate surface area is 170 Å². The van der Waals surface area contributed by atoms with Crippen LogP contribution in [0.2, 0.25) is 0 Å². The van der Waals surface area contributed by atoms with Crippen LogP contribution in [0.4, 0.5) is 11.4 Å². The first-order valence-electron chi connectivity index (χ1n) is 8.81. The van der Waals surface area contributed by atoms with Crippen LogP contribution in [0.25, 0.3) is 22.3 Å². The van der Waals surface area contributed by atoms with Gasteiger partial charge in [0.2, 0.25) is 11.5 Å². The van der Waals surface area contributed by atoms with Crippen molar-refractivity contribution >= 4 is 11.4 Å². The van der Waals surface area contributed by atoms with Crippen LogP contribution in [0.1, 0.15) is 16.7 Å². The molecule has 3 N–H and O–H groups in total. The third kappa shape index (κ3) is 3.48. The highest BCUT2D eigenvalue weighted by Gasteiger charge is 2.25. The quantitative estimate of drug-likeness (QED) is 0.410. The maximum absolute atomic E-state index is 11.3. The van der Waals surface area contributed by atoms with Gasteiger partial charge in [0, 0.05) is 34.4 Å². The molecule has 3 aromatic carbocycles. The number of nitro groups is 2. The molecule has 0 aliphatic carbocycles. The van der Waals surface area contributed by atoms with Gasteiger partial charge in [0.05, 0.1) is 9.85 Å². The maximum Gasteiger partial charge on any atom is 0.311 e. The molecule has 9 nitrogen and oxygen atoms in total. The molecule has 0 amide bonds. The zero-order valence-corrected chi connectivity index (χ0v) is 16.3. The van der Waals surface area contributed by atoms with Crippen LogP contribution >= 0.6 is 0 Å². The predicted molar refractivity (Wildman–Crippen MR) is 110 cm³/mol. The molecule has 154 valence electrons. The van der Waals surface area contributed by atoms with Gasteiger partial charge in [0.15, 0.2) is 0 Å². The van der Waals surface area contributed by atoms with Crippen molar-refractivity contribution in [2.24, 2.45) is 0 Å². The number of phenols is 3. The van der Waals surface area contributed by atoms with E-state index >= 15 is 0 Å². The highest BCUT2D eigenvalue weighted by molar-refractivity contribution is 5.89. The van der Waals surface area contributed by atoms with Gasteiger partial charge < -0.3 is 15.3 Å². The van der Waals surface area contributed by atoms with Gasteiger partial charge in [-0.2, -0.15) is 0 Å². The summed E-state index contributed by atoms with van der Waals surface area (Å²) in [6, 6.07) is 8.44. The lowest BCUT2D eigenvalue weighted by Crippen LogP contribution is -1.95. The van der Waals surface area contributed by atoms with Crippen molar-refractivity contribution in [2.45, 2.75) is 20.8 Å².